The largest absolute Gasteiger partial charge is 0.218 e. The number of nitrogens with one attached hydrogen (secondary N) is 1. The Hall–Kier alpha value is -0.870. The highest BCUT2D eigenvalue weighted by molar-refractivity contribution is 7.89. The van der Waals surface area contributed by atoms with Crippen LogP contribution in [0.3, 0.4) is 0 Å². The SMILES string of the molecule is C[C@H]1CC[C@H](c2ccccc2)S(=O)(=O)N1. The van der Waals surface area contributed by atoms with E-state index in [0.717, 1.165) is 12.0 Å². The van der Waals surface area contributed by atoms with Crippen molar-refractivity contribution in [2.45, 2.75) is 31.1 Å². The minimum Gasteiger partial charge on any atom is -0.212 e. The van der Waals surface area contributed by atoms with Crippen LogP contribution < -0.4 is 4.72 Å². The molecule has 0 aliphatic carbocycles. The molecule has 1 aromatic rings. The highest BCUT2D eigenvalue weighted by Gasteiger charge is 2.32. The Bertz CT molecular complexity index is 427. The van der Waals surface area contributed by atoms with Gasteiger partial charge in [0.15, 0.2) is 0 Å². The van der Waals surface area contributed by atoms with Crippen LogP contribution >= 0.6 is 0 Å². The molecule has 0 unspecified atom stereocenters. The van der Waals surface area contributed by atoms with Crippen LogP contribution in [0.15, 0.2) is 30.3 Å². The van der Waals surface area contributed by atoms with Crippen molar-refractivity contribution in [1.82, 2.24) is 4.72 Å². The van der Waals surface area contributed by atoms with Crippen molar-refractivity contribution in [3.63, 3.8) is 0 Å². The zero-order valence-electron chi connectivity index (χ0n) is 8.68. The van der Waals surface area contributed by atoms with Crippen LogP contribution in [0.4, 0.5) is 0 Å². The highest BCUT2D eigenvalue weighted by Crippen LogP contribution is 2.30. The summed E-state index contributed by atoms with van der Waals surface area (Å²) < 4.78 is 26.4. The molecular weight excluding hydrogens is 210 g/mol. The van der Waals surface area contributed by atoms with Crippen LogP contribution in [0.2, 0.25) is 0 Å². The van der Waals surface area contributed by atoms with E-state index in [1.165, 1.54) is 0 Å². The van der Waals surface area contributed by atoms with Crippen LogP contribution in [0.5, 0.6) is 0 Å². The van der Waals surface area contributed by atoms with Gasteiger partial charge in [0.1, 0.15) is 5.25 Å². The smallest absolute Gasteiger partial charge is 0.212 e. The molecule has 82 valence electrons. The van der Waals surface area contributed by atoms with E-state index in [1.807, 2.05) is 37.3 Å². The van der Waals surface area contributed by atoms with Crippen molar-refractivity contribution in [2.75, 3.05) is 0 Å². The van der Waals surface area contributed by atoms with Crippen molar-refractivity contribution in [2.24, 2.45) is 0 Å². The molecule has 2 atom stereocenters. The van der Waals surface area contributed by atoms with Crippen molar-refractivity contribution >= 4 is 10.0 Å². The molecular formula is C11H15NO2S. The topological polar surface area (TPSA) is 46.2 Å². The Morgan fingerprint density at radius 3 is 2.47 bits per heavy atom. The summed E-state index contributed by atoms with van der Waals surface area (Å²) in [5.41, 5.74) is 0.886. The Kier molecular flexibility index (Phi) is 2.80. The minimum absolute atomic E-state index is 0.0648. The van der Waals surface area contributed by atoms with Gasteiger partial charge in [0.2, 0.25) is 10.0 Å². The van der Waals surface area contributed by atoms with Crippen LogP contribution in [-0.2, 0) is 10.0 Å². The predicted molar refractivity (Wildman–Crippen MR) is 59.9 cm³/mol. The normalized spacial score (nSPS) is 29.9. The van der Waals surface area contributed by atoms with Gasteiger partial charge < -0.3 is 0 Å². The van der Waals surface area contributed by atoms with Crippen molar-refractivity contribution in [3.8, 4) is 0 Å². The van der Waals surface area contributed by atoms with Crippen molar-refractivity contribution < 1.29 is 8.42 Å². The van der Waals surface area contributed by atoms with E-state index in [2.05, 4.69) is 4.72 Å². The van der Waals surface area contributed by atoms with Crippen molar-refractivity contribution in [3.05, 3.63) is 35.9 Å². The predicted octanol–water partition coefficient (Wildman–Crippen LogP) is 1.83. The maximum absolute atomic E-state index is 11.9. The Labute approximate surface area is 90.6 Å². The molecule has 1 aliphatic heterocycles. The molecule has 1 fully saturated rings. The van der Waals surface area contributed by atoms with Crippen LogP contribution in [0.1, 0.15) is 30.6 Å². The lowest BCUT2D eigenvalue weighted by Gasteiger charge is -2.27. The van der Waals surface area contributed by atoms with E-state index in [9.17, 15) is 8.42 Å². The standard InChI is InChI=1S/C11H15NO2S/c1-9-7-8-11(15(13,14)12-9)10-5-3-2-4-6-10/h2-6,9,11-12H,7-8H2,1H3/t9-,11+/m0/s1. The molecule has 15 heavy (non-hydrogen) atoms. The summed E-state index contributed by atoms with van der Waals surface area (Å²) in [4.78, 5) is 0. The second-order valence-corrected chi connectivity index (χ2v) is 5.94. The fourth-order valence-corrected chi connectivity index (χ4v) is 3.80. The van der Waals surface area contributed by atoms with Crippen LogP contribution in [0.25, 0.3) is 0 Å². The molecule has 1 aliphatic rings. The third-order valence-corrected chi connectivity index (χ3v) is 4.76. The Balaban J connectivity index is 2.31. The summed E-state index contributed by atoms with van der Waals surface area (Å²) in [6.07, 6.45) is 1.61. The molecule has 4 heteroatoms. The molecule has 0 spiro atoms. The van der Waals surface area contributed by atoms with Gasteiger partial charge >= 0.3 is 0 Å². The summed E-state index contributed by atoms with van der Waals surface area (Å²) >= 11 is 0. The maximum Gasteiger partial charge on any atom is 0.218 e. The van der Waals surface area contributed by atoms with E-state index in [1.54, 1.807) is 0 Å². The molecule has 0 saturated carbocycles. The monoisotopic (exact) mass is 225 g/mol. The lowest BCUT2D eigenvalue weighted by Crippen LogP contribution is -2.40. The molecule has 1 saturated heterocycles. The number of benzene rings is 1. The second kappa shape index (κ2) is 3.94. The zero-order chi connectivity index (χ0) is 10.9. The first kappa shape index (κ1) is 10.6. The molecule has 1 N–H and O–H groups in total. The van der Waals surface area contributed by atoms with Gasteiger partial charge in [-0.15, -0.1) is 0 Å². The van der Waals surface area contributed by atoms with Gasteiger partial charge in [-0.2, -0.15) is 0 Å². The second-order valence-electron chi connectivity index (χ2n) is 4.04. The fourth-order valence-electron chi connectivity index (χ4n) is 1.99. The van der Waals surface area contributed by atoms with Gasteiger partial charge in [-0.05, 0) is 25.3 Å². The minimum atomic E-state index is -3.18. The summed E-state index contributed by atoms with van der Waals surface area (Å²) in [5.74, 6) is 0. The lowest BCUT2D eigenvalue weighted by atomic mass is 10.1. The van der Waals surface area contributed by atoms with E-state index >= 15 is 0 Å². The fraction of sp³-hybridized carbons (Fsp3) is 0.455. The van der Waals surface area contributed by atoms with Gasteiger partial charge in [0.05, 0.1) is 0 Å². The first-order valence-corrected chi connectivity index (χ1v) is 6.70. The van der Waals surface area contributed by atoms with Gasteiger partial charge in [-0.25, -0.2) is 13.1 Å². The average Bonchev–Trinajstić information content (AvgIpc) is 2.17. The summed E-state index contributed by atoms with van der Waals surface area (Å²) in [5, 5.41) is -0.380. The number of hydrogen-bond acceptors (Lipinski definition) is 2. The molecule has 0 radical (unpaired) electrons. The summed E-state index contributed by atoms with van der Waals surface area (Å²) in [6.45, 7) is 1.90. The number of hydrogen-bond donors (Lipinski definition) is 1. The quantitative estimate of drug-likeness (QED) is 0.792. The molecule has 0 amide bonds. The molecule has 1 aromatic carbocycles. The third kappa shape index (κ3) is 2.21. The molecule has 2 rings (SSSR count). The first-order valence-electron chi connectivity index (χ1n) is 5.16. The summed E-state index contributed by atoms with van der Waals surface area (Å²) in [6, 6.07) is 9.47. The molecule has 1 heterocycles. The number of rotatable bonds is 1. The number of sulfonamides is 1. The van der Waals surface area contributed by atoms with Gasteiger partial charge in [-0.1, -0.05) is 30.3 Å². The van der Waals surface area contributed by atoms with Gasteiger partial charge in [-0.3, -0.25) is 0 Å². The summed E-state index contributed by atoms with van der Waals surface area (Å²) in [7, 11) is -3.18. The van der Waals surface area contributed by atoms with Crippen LogP contribution in [0, 0.1) is 0 Å². The van der Waals surface area contributed by atoms with Crippen LogP contribution in [-0.4, -0.2) is 14.5 Å². The lowest BCUT2D eigenvalue weighted by molar-refractivity contribution is 0.482. The maximum atomic E-state index is 11.9. The Morgan fingerprint density at radius 2 is 1.87 bits per heavy atom. The van der Waals surface area contributed by atoms with Gasteiger partial charge in [0.25, 0.3) is 0 Å². The van der Waals surface area contributed by atoms with Crippen molar-refractivity contribution in [1.29, 1.82) is 0 Å². The highest BCUT2D eigenvalue weighted by atomic mass is 32.2. The van der Waals surface area contributed by atoms with E-state index < -0.39 is 10.0 Å². The van der Waals surface area contributed by atoms with E-state index in [-0.39, 0.29) is 11.3 Å². The Morgan fingerprint density at radius 1 is 1.20 bits per heavy atom. The molecule has 0 aromatic heterocycles. The first-order chi connectivity index (χ1) is 7.09. The van der Waals surface area contributed by atoms with Gasteiger partial charge in [0, 0.05) is 6.04 Å². The molecule has 3 nitrogen and oxygen atoms in total. The zero-order valence-corrected chi connectivity index (χ0v) is 9.50. The third-order valence-electron chi connectivity index (χ3n) is 2.77. The van der Waals surface area contributed by atoms with E-state index in [0.29, 0.717) is 6.42 Å². The van der Waals surface area contributed by atoms with E-state index in [4.69, 9.17) is 0 Å². The average molecular weight is 225 g/mol. The molecule has 0 bridgehead atoms.